The van der Waals surface area contributed by atoms with Gasteiger partial charge in [-0.2, -0.15) is 0 Å². The fraction of sp³-hybridized carbons (Fsp3) is 0.417. The molecule has 0 amide bonds. The summed E-state index contributed by atoms with van der Waals surface area (Å²) in [6, 6.07) is 5.69. The van der Waals surface area contributed by atoms with E-state index in [2.05, 4.69) is 0 Å². The molecule has 0 fully saturated rings. The van der Waals surface area contributed by atoms with Crippen molar-refractivity contribution in [3.05, 3.63) is 24.3 Å². The molecule has 0 unspecified atom stereocenters. The highest BCUT2D eigenvalue weighted by molar-refractivity contribution is 7.92. The number of rotatable bonds is 3. The summed E-state index contributed by atoms with van der Waals surface area (Å²) in [5.41, 5.74) is 5.23. The highest BCUT2D eigenvalue weighted by Crippen LogP contribution is 2.15. The first kappa shape index (κ1) is 14.5. The predicted octanol–water partition coefficient (Wildman–Crippen LogP) is 1.38. The number of anilines is 1. The maximum atomic E-state index is 11.9. The van der Waals surface area contributed by atoms with Gasteiger partial charge in [-0.3, -0.25) is 4.79 Å². The van der Waals surface area contributed by atoms with Crippen molar-refractivity contribution in [1.29, 1.82) is 0 Å². The van der Waals surface area contributed by atoms with E-state index in [9.17, 15) is 13.2 Å². The summed E-state index contributed by atoms with van der Waals surface area (Å²) in [5.74, 6) is -1.44. The van der Waals surface area contributed by atoms with E-state index >= 15 is 0 Å². The molecule has 0 aliphatic rings. The number of sulfone groups is 1. The van der Waals surface area contributed by atoms with Gasteiger partial charge in [0.1, 0.15) is 5.60 Å². The molecule has 0 aliphatic heterocycles. The summed E-state index contributed by atoms with van der Waals surface area (Å²) in [6.45, 7) is 5.04. The van der Waals surface area contributed by atoms with E-state index in [-0.39, 0.29) is 4.90 Å². The van der Waals surface area contributed by atoms with Crippen LogP contribution in [-0.2, 0) is 19.4 Å². The van der Waals surface area contributed by atoms with Crippen molar-refractivity contribution in [2.45, 2.75) is 31.3 Å². The second-order valence-corrected chi connectivity index (χ2v) is 6.90. The summed E-state index contributed by atoms with van der Waals surface area (Å²) >= 11 is 0. The van der Waals surface area contributed by atoms with Crippen LogP contribution in [0, 0.1) is 0 Å². The smallest absolute Gasteiger partial charge is 0.322 e. The third-order valence-corrected chi connectivity index (χ3v) is 3.57. The molecular formula is C12H17NO4S. The number of benzene rings is 1. The molecule has 0 aromatic heterocycles. The topological polar surface area (TPSA) is 86.5 Å². The van der Waals surface area contributed by atoms with E-state index in [1.165, 1.54) is 24.3 Å². The van der Waals surface area contributed by atoms with Crippen LogP contribution in [0.3, 0.4) is 0 Å². The Hall–Kier alpha value is -1.56. The van der Waals surface area contributed by atoms with Crippen molar-refractivity contribution in [1.82, 2.24) is 0 Å². The van der Waals surface area contributed by atoms with Gasteiger partial charge in [-0.15, -0.1) is 0 Å². The molecule has 18 heavy (non-hydrogen) atoms. The van der Waals surface area contributed by atoms with Crippen LogP contribution in [0.1, 0.15) is 20.8 Å². The average Bonchev–Trinajstić information content (AvgIpc) is 2.13. The number of nitrogen functional groups attached to an aromatic ring is 1. The van der Waals surface area contributed by atoms with Crippen molar-refractivity contribution in [2.75, 3.05) is 11.5 Å². The maximum absolute atomic E-state index is 11.9. The minimum Gasteiger partial charge on any atom is -0.459 e. The van der Waals surface area contributed by atoms with Crippen LogP contribution in [0.2, 0.25) is 0 Å². The van der Waals surface area contributed by atoms with Crippen LogP contribution < -0.4 is 5.73 Å². The molecule has 0 aliphatic carbocycles. The van der Waals surface area contributed by atoms with Crippen LogP contribution in [0.4, 0.5) is 5.69 Å². The monoisotopic (exact) mass is 271 g/mol. The first-order chi connectivity index (χ1) is 8.10. The van der Waals surface area contributed by atoms with Gasteiger partial charge in [0.15, 0.2) is 15.6 Å². The van der Waals surface area contributed by atoms with Gasteiger partial charge in [0.05, 0.1) is 4.90 Å². The lowest BCUT2D eigenvalue weighted by Gasteiger charge is -2.19. The van der Waals surface area contributed by atoms with Crippen LogP contribution >= 0.6 is 0 Å². The molecule has 0 heterocycles. The lowest BCUT2D eigenvalue weighted by molar-refractivity contribution is -0.151. The zero-order valence-corrected chi connectivity index (χ0v) is 11.5. The molecule has 1 rings (SSSR count). The molecule has 0 radical (unpaired) electrons. The Balaban J connectivity index is 2.83. The van der Waals surface area contributed by atoms with Crippen molar-refractivity contribution >= 4 is 21.5 Å². The van der Waals surface area contributed by atoms with Gasteiger partial charge in [0.25, 0.3) is 0 Å². The number of carbonyl (C=O) groups excluding carboxylic acids is 1. The summed E-state index contributed by atoms with van der Waals surface area (Å²) < 4.78 is 28.8. The quantitative estimate of drug-likeness (QED) is 0.663. The molecule has 0 spiro atoms. The molecule has 100 valence electrons. The van der Waals surface area contributed by atoms with Crippen LogP contribution in [0.15, 0.2) is 29.2 Å². The van der Waals surface area contributed by atoms with E-state index < -0.39 is 27.2 Å². The predicted molar refractivity (Wildman–Crippen MR) is 68.8 cm³/mol. The van der Waals surface area contributed by atoms with Gasteiger partial charge < -0.3 is 10.5 Å². The summed E-state index contributed by atoms with van der Waals surface area (Å²) in [7, 11) is -3.68. The Morgan fingerprint density at radius 2 is 1.72 bits per heavy atom. The molecule has 0 saturated carbocycles. The molecule has 0 atom stereocenters. The molecule has 0 saturated heterocycles. The summed E-state index contributed by atoms with van der Waals surface area (Å²) in [6.07, 6.45) is 0. The molecule has 5 nitrogen and oxygen atoms in total. The first-order valence-corrected chi connectivity index (χ1v) is 7.05. The van der Waals surface area contributed by atoms with E-state index in [1.807, 2.05) is 0 Å². The highest BCUT2D eigenvalue weighted by atomic mass is 32.2. The largest absolute Gasteiger partial charge is 0.459 e. The van der Waals surface area contributed by atoms with Gasteiger partial charge in [-0.1, -0.05) is 0 Å². The maximum Gasteiger partial charge on any atom is 0.322 e. The first-order valence-electron chi connectivity index (χ1n) is 5.40. The van der Waals surface area contributed by atoms with Crippen molar-refractivity contribution in [3.63, 3.8) is 0 Å². The lowest BCUT2D eigenvalue weighted by atomic mass is 10.2. The van der Waals surface area contributed by atoms with E-state index in [0.29, 0.717) is 5.69 Å². The number of esters is 1. The second-order valence-electron chi connectivity index (χ2n) is 4.91. The Morgan fingerprint density at radius 3 is 2.17 bits per heavy atom. The normalized spacial score (nSPS) is 12.2. The fourth-order valence-corrected chi connectivity index (χ4v) is 2.37. The zero-order valence-electron chi connectivity index (χ0n) is 10.6. The van der Waals surface area contributed by atoms with E-state index in [0.717, 1.165) is 0 Å². The van der Waals surface area contributed by atoms with Crippen LogP contribution in [-0.4, -0.2) is 25.7 Å². The third-order valence-electron chi connectivity index (χ3n) is 1.97. The minimum absolute atomic E-state index is 0.0579. The Labute approximate surface area is 107 Å². The van der Waals surface area contributed by atoms with E-state index in [4.69, 9.17) is 10.5 Å². The molecular weight excluding hydrogens is 254 g/mol. The molecule has 1 aromatic carbocycles. The molecule has 0 bridgehead atoms. The Kier molecular flexibility index (Phi) is 4.01. The highest BCUT2D eigenvalue weighted by Gasteiger charge is 2.24. The minimum atomic E-state index is -3.68. The average molecular weight is 271 g/mol. The molecule has 2 N–H and O–H groups in total. The van der Waals surface area contributed by atoms with Gasteiger partial charge >= 0.3 is 5.97 Å². The van der Waals surface area contributed by atoms with Crippen LogP contribution in [0.25, 0.3) is 0 Å². The number of carbonyl (C=O) groups is 1. The summed E-state index contributed by atoms with van der Waals surface area (Å²) in [4.78, 5) is 11.5. The van der Waals surface area contributed by atoms with Crippen molar-refractivity contribution in [3.8, 4) is 0 Å². The molecule has 1 aromatic rings. The Morgan fingerprint density at radius 1 is 1.22 bits per heavy atom. The van der Waals surface area contributed by atoms with Gasteiger partial charge in [-0.25, -0.2) is 8.42 Å². The third kappa shape index (κ3) is 4.37. The second kappa shape index (κ2) is 4.97. The van der Waals surface area contributed by atoms with Crippen LogP contribution in [0.5, 0.6) is 0 Å². The van der Waals surface area contributed by atoms with Gasteiger partial charge in [0, 0.05) is 5.69 Å². The van der Waals surface area contributed by atoms with Gasteiger partial charge in [-0.05, 0) is 45.0 Å². The van der Waals surface area contributed by atoms with Crippen molar-refractivity contribution in [2.24, 2.45) is 0 Å². The number of hydrogen-bond donors (Lipinski definition) is 1. The Bertz CT molecular complexity index is 526. The number of nitrogens with two attached hydrogens (primary N) is 1. The molecule has 6 heteroatoms. The lowest BCUT2D eigenvalue weighted by Crippen LogP contribution is -2.28. The van der Waals surface area contributed by atoms with Gasteiger partial charge in [0.2, 0.25) is 0 Å². The SMILES string of the molecule is CC(C)(C)OC(=O)CS(=O)(=O)c1ccc(N)cc1. The fourth-order valence-electron chi connectivity index (χ4n) is 1.28. The summed E-state index contributed by atoms with van der Waals surface area (Å²) in [5, 5.41) is 0. The number of hydrogen-bond acceptors (Lipinski definition) is 5. The zero-order chi connectivity index (χ0) is 14.0. The number of ether oxygens (including phenoxy) is 1. The standard InChI is InChI=1S/C12H17NO4S/c1-12(2,3)17-11(14)8-18(15,16)10-6-4-9(13)5-7-10/h4-7H,8,13H2,1-3H3. The van der Waals surface area contributed by atoms with E-state index in [1.54, 1.807) is 20.8 Å². The van der Waals surface area contributed by atoms with Crippen molar-refractivity contribution < 1.29 is 17.9 Å².